The summed E-state index contributed by atoms with van der Waals surface area (Å²) in [5.74, 6) is 0.0741. The lowest BCUT2D eigenvalue weighted by molar-refractivity contribution is 0.411. The van der Waals surface area contributed by atoms with E-state index in [2.05, 4.69) is 0 Å². The average molecular weight is 305 g/mol. The van der Waals surface area contributed by atoms with Gasteiger partial charge in [-0.05, 0) is 23.9 Å². The number of methoxy groups -OCH3 is 1. The van der Waals surface area contributed by atoms with Crippen molar-refractivity contribution in [2.45, 2.75) is 12.3 Å². The van der Waals surface area contributed by atoms with Gasteiger partial charge in [-0.3, -0.25) is 0 Å². The number of thiophene rings is 1. The molecular formula is C13H11Cl2FOS. The van der Waals surface area contributed by atoms with Gasteiger partial charge in [0.1, 0.15) is 11.6 Å². The Hall–Kier alpha value is -0.770. The topological polar surface area (TPSA) is 9.23 Å². The Morgan fingerprint density at radius 2 is 2.11 bits per heavy atom. The first-order chi connectivity index (χ1) is 8.54. The first-order valence-corrected chi connectivity index (χ1v) is 6.95. The number of hydrogen-bond donors (Lipinski definition) is 0. The summed E-state index contributed by atoms with van der Waals surface area (Å²) < 4.78 is 18.9. The standard InChI is InChI=1S/C13H11Cl2FOS/c1-7-6-18-13(11(7)14)12(15)9-4-3-8(17-2)5-10(9)16/h3-6,12H,1-2H3. The second-order valence-electron chi connectivity index (χ2n) is 3.85. The highest BCUT2D eigenvalue weighted by Crippen LogP contribution is 2.40. The van der Waals surface area contributed by atoms with Crippen molar-refractivity contribution in [2.75, 3.05) is 7.11 Å². The maximum Gasteiger partial charge on any atom is 0.131 e. The molecule has 0 saturated heterocycles. The van der Waals surface area contributed by atoms with Crippen LogP contribution in [-0.4, -0.2) is 7.11 Å². The third-order valence-corrected chi connectivity index (χ3v) is 5.00. The van der Waals surface area contributed by atoms with E-state index in [0.29, 0.717) is 16.3 Å². The van der Waals surface area contributed by atoms with E-state index in [1.165, 1.54) is 24.5 Å². The van der Waals surface area contributed by atoms with Crippen LogP contribution < -0.4 is 4.74 Å². The van der Waals surface area contributed by atoms with Crippen molar-refractivity contribution in [3.8, 4) is 5.75 Å². The predicted molar refractivity (Wildman–Crippen MR) is 74.7 cm³/mol. The minimum Gasteiger partial charge on any atom is -0.497 e. The zero-order valence-corrected chi connectivity index (χ0v) is 12.2. The summed E-state index contributed by atoms with van der Waals surface area (Å²) in [5, 5.41) is 1.94. The third kappa shape index (κ3) is 2.48. The molecule has 1 aromatic carbocycles. The average Bonchev–Trinajstić information content (AvgIpc) is 2.69. The molecule has 18 heavy (non-hydrogen) atoms. The van der Waals surface area contributed by atoms with Gasteiger partial charge in [-0.15, -0.1) is 22.9 Å². The molecule has 1 nitrogen and oxygen atoms in total. The number of rotatable bonds is 3. The van der Waals surface area contributed by atoms with E-state index in [0.717, 1.165) is 10.4 Å². The zero-order chi connectivity index (χ0) is 13.3. The molecule has 96 valence electrons. The van der Waals surface area contributed by atoms with Crippen molar-refractivity contribution >= 4 is 34.5 Å². The van der Waals surface area contributed by atoms with Gasteiger partial charge in [0.05, 0.1) is 17.5 Å². The van der Waals surface area contributed by atoms with Crippen LogP contribution in [0.4, 0.5) is 4.39 Å². The first-order valence-electron chi connectivity index (χ1n) is 5.25. The Kier molecular flexibility index (Phi) is 4.15. The number of benzene rings is 1. The molecular weight excluding hydrogens is 294 g/mol. The van der Waals surface area contributed by atoms with E-state index in [-0.39, 0.29) is 0 Å². The van der Waals surface area contributed by atoms with Crippen molar-refractivity contribution in [3.05, 3.63) is 50.4 Å². The van der Waals surface area contributed by atoms with Gasteiger partial charge >= 0.3 is 0 Å². The minimum atomic E-state index is -0.581. The smallest absolute Gasteiger partial charge is 0.131 e. The molecule has 0 saturated carbocycles. The Balaban J connectivity index is 2.40. The van der Waals surface area contributed by atoms with Crippen LogP contribution in [0, 0.1) is 12.7 Å². The van der Waals surface area contributed by atoms with Gasteiger partial charge in [0, 0.05) is 16.5 Å². The number of ether oxygens (including phenoxy) is 1. The molecule has 0 aliphatic rings. The van der Waals surface area contributed by atoms with Crippen LogP contribution >= 0.6 is 34.5 Å². The van der Waals surface area contributed by atoms with Gasteiger partial charge in [-0.1, -0.05) is 17.7 Å². The third-order valence-electron chi connectivity index (χ3n) is 2.64. The molecule has 1 atom stereocenters. The molecule has 0 bridgehead atoms. The number of halogens is 3. The molecule has 5 heteroatoms. The van der Waals surface area contributed by atoms with Gasteiger partial charge in [0.25, 0.3) is 0 Å². The fraction of sp³-hybridized carbons (Fsp3) is 0.231. The zero-order valence-electron chi connectivity index (χ0n) is 9.84. The molecule has 0 spiro atoms. The van der Waals surface area contributed by atoms with Crippen molar-refractivity contribution in [3.63, 3.8) is 0 Å². The second-order valence-corrected chi connectivity index (χ2v) is 5.57. The Bertz CT molecular complexity index is 568. The van der Waals surface area contributed by atoms with Crippen molar-refractivity contribution in [1.82, 2.24) is 0 Å². The molecule has 2 aromatic rings. The van der Waals surface area contributed by atoms with Crippen LogP contribution in [-0.2, 0) is 0 Å². The van der Waals surface area contributed by atoms with Gasteiger partial charge in [0.15, 0.2) is 0 Å². The van der Waals surface area contributed by atoms with Crippen molar-refractivity contribution in [1.29, 1.82) is 0 Å². The van der Waals surface area contributed by atoms with Gasteiger partial charge in [0.2, 0.25) is 0 Å². The first kappa shape index (κ1) is 13.7. The van der Waals surface area contributed by atoms with Gasteiger partial charge in [-0.2, -0.15) is 0 Å². The molecule has 0 N–H and O–H groups in total. The van der Waals surface area contributed by atoms with Crippen LogP contribution in [0.2, 0.25) is 5.02 Å². The van der Waals surface area contributed by atoms with Crippen molar-refractivity contribution in [2.24, 2.45) is 0 Å². The fourth-order valence-corrected chi connectivity index (χ4v) is 3.39. The number of alkyl halides is 1. The highest BCUT2D eigenvalue weighted by molar-refractivity contribution is 7.11. The molecule has 0 amide bonds. The van der Waals surface area contributed by atoms with E-state index in [9.17, 15) is 4.39 Å². The molecule has 0 fully saturated rings. The number of hydrogen-bond acceptors (Lipinski definition) is 2. The SMILES string of the molecule is COc1ccc(C(Cl)c2scc(C)c2Cl)c(F)c1. The van der Waals surface area contributed by atoms with Crippen LogP contribution in [0.1, 0.15) is 21.4 Å². The van der Waals surface area contributed by atoms with E-state index >= 15 is 0 Å². The summed E-state index contributed by atoms with van der Waals surface area (Å²) in [4.78, 5) is 0.764. The number of aryl methyl sites for hydroxylation is 1. The highest BCUT2D eigenvalue weighted by atomic mass is 35.5. The predicted octanol–water partition coefficient (Wildman–Crippen LogP) is 5.19. The Morgan fingerprint density at radius 1 is 1.39 bits per heavy atom. The highest BCUT2D eigenvalue weighted by Gasteiger charge is 2.20. The van der Waals surface area contributed by atoms with Crippen LogP contribution in [0.25, 0.3) is 0 Å². The maximum absolute atomic E-state index is 13.9. The summed E-state index contributed by atoms with van der Waals surface area (Å²) in [6.07, 6.45) is 0. The summed E-state index contributed by atoms with van der Waals surface area (Å²) >= 11 is 13.9. The minimum absolute atomic E-state index is 0.392. The lowest BCUT2D eigenvalue weighted by atomic mass is 10.1. The van der Waals surface area contributed by atoms with Crippen LogP contribution in [0.15, 0.2) is 23.6 Å². The quantitative estimate of drug-likeness (QED) is 0.709. The summed E-state index contributed by atoms with van der Waals surface area (Å²) in [7, 11) is 1.49. The normalized spacial score (nSPS) is 12.5. The Labute approximate surface area is 119 Å². The summed E-state index contributed by atoms with van der Waals surface area (Å²) in [5.41, 5.74) is 1.36. The van der Waals surface area contributed by atoms with Gasteiger partial charge in [-0.25, -0.2) is 4.39 Å². The maximum atomic E-state index is 13.9. The molecule has 1 aromatic heterocycles. The lowest BCUT2D eigenvalue weighted by Gasteiger charge is -2.11. The fourth-order valence-electron chi connectivity index (χ4n) is 1.60. The Morgan fingerprint density at radius 3 is 2.61 bits per heavy atom. The molecule has 1 heterocycles. The van der Waals surface area contributed by atoms with E-state index in [4.69, 9.17) is 27.9 Å². The summed E-state index contributed by atoms with van der Waals surface area (Å²) in [6, 6.07) is 4.62. The van der Waals surface area contributed by atoms with E-state index in [1.807, 2.05) is 12.3 Å². The summed E-state index contributed by atoms with van der Waals surface area (Å²) in [6.45, 7) is 1.90. The molecule has 0 aliphatic carbocycles. The molecule has 0 radical (unpaired) electrons. The lowest BCUT2D eigenvalue weighted by Crippen LogP contribution is -1.96. The molecule has 2 rings (SSSR count). The van der Waals surface area contributed by atoms with E-state index < -0.39 is 11.2 Å². The largest absolute Gasteiger partial charge is 0.497 e. The van der Waals surface area contributed by atoms with Gasteiger partial charge < -0.3 is 4.74 Å². The van der Waals surface area contributed by atoms with E-state index in [1.54, 1.807) is 12.1 Å². The second kappa shape index (κ2) is 5.47. The molecule has 1 unspecified atom stereocenters. The van der Waals surface area contributed by atoms with Crippen LogP contribution in [0.3, 0.4) is 0 Å². The monoisotopic (exact) mass is 304 g/mol. The van der Waals surface area contributed by atoms with Crippen LogP contribution in [0.5, 0.6) is 5.75 Å². The van der Waals surface area contributed by atoms with Crippen molar-refractivity contribution < 1.29 is 9.13 Å². The molecule has 0 aliphatic heterocycles.